The third-order valence-electron chi connectivity index (χ3n) is 3.05. The standard InChI is InChI=1S/C15H18N4/c1-2-16-13-10-14(17-12-8-9-12)19-15(18-13)11-6-4-3-5-7-11/h3-7,10,12H,2,8-9H2,1H3,(H2,16,17,18,19). The van der Waals surface area contributed by atoms with Gasteiger partial charge in [0.05, 0.1) is 0 Å². The van der Waals surface area contributed by atoms with Crippen molar-refractivity contribution in [2.75, 3.05) is 17.2 Å². The van der Waals surface area contributed by atoms with E-state index < -0.39 is 0 Å². The van der Waals surface area contributed by atoms with Crippen LogP contribution in [-0.2, 0) is 0 Å². The predicted octanol–water partition coefficient (Wildman–Crippen LogP) is 3.15. The summed E-state index contributed by atoms with van der Waals surface area (Å²) in [5.41, 5.74) is 1.04. The lowest BCUT2D eigenvalue weighted by molar-refractivity contribution is 1.07. The highest BCUT2D eigenvalue weighted by atomic mass is 15.1. The minimum absolute atomic E-state index is 0.591. The molecular weight excluding hydrogens is 236 g/mol. The summed E-state index contributed by atoms with van der Waals surface area (Å²) in [4.78, 5) is 9.16. The average molecular weight is 254 g/mol. The van der Waals surface area contributed by atoms with Crippen LogP contribution in [-0.4, -0.2) is 22.6 Å². The van der Waals surface area contributed by atoms with E-state index in [-0.39, 0.29) is 0 Å². The second-order valence-corrected chi connectivity index (χ2v) is 4.78. The van der Waals surface area contributed by atoms with Gasteiger partial charge in [-0.15, -0.1) is 0 Å². The molecule has 0 unspecified atom stereocenters. The minimum atomic E-state index is 0.591. The lowest BCUT2D eigenvalue weighted by atomic mass is 10.2. The molecule has 4 nitrogen and oxygen atoms in total. The Morgan fingerprint density at radius 2 is 1.84 bits per heavy atom. The summed E-state index contributed by atoms with van der Waals surface area (Å²) in [6.07, 6.45) is 2.47. The van der Waals surface area contributed by atoms with Crippen LogP contribution >= 0.6 is 0 Å². The van der Waals surface area contributed by atoms with Crippen LogP contribution in [0.15, 0.2) is 36.4 Å². The molecule has 19 heavy (non-hydrogen) atoms. The average Bonchev–Trinajstić information content (AvgIpc) is 3.24. The summed E-state index contributed by atoms with van der Waals surface area (Å²) in [6, 6.07) is 12.7. The first kappa shape index (κ1) is 12.0. The Hall–Kier alpha value is -2.10. The Labute approximate surface area is 113 Å². The number of anilines is 2. The highest BCUT2D eigenvalue weighted by molar-refractivity contribution is 5.61. The largest absolute Gasteiger partial charge is 0.370 e. The van der Waals surface area contributed by atoms with Gasteiger partial charge in [0, 0.05) is 24.2 Å². The molecule has 0 amide bonds. The first-order chi connectivity index (χ1) is 9.35. The summed E-state index contributed by atoms with van der Waals surface area (Å²) in [6.45, 7) is 2.92. The van der Waals surface area contributed by atoms with E-state index in [9.17, 15) is 0 Å². The highest BCUT2D eigenvalue weighted by Crippen LogP contribution is 2.26. The second-order valence-electron chi connectivity index (χ2n) is 4.78. The van der Waals surface area contributed by atoms with E-state index in [4.69, 9.17) is 0 Å². The summed E-state index contributed by atoms with van der Waals surface area (Å²) >= 11 is 0. The quantitative estimate of drug-likeness (QED) is 0.860. The fraction of sp³-hybridized carbons (Fsp3) is 0.333. The van der Waals surface area contributed by atoms with Crippen LogP contribution < -0.4 is 10.6 Å². The van der Waals surface area contributed by atoms with E-state index in [1.807, 2.05) is 36.4 Å². The maximum absolute atomic E-state index is 4.60. The molecule has 0 atom stereocenters. The van der Waals surface area contributed by atoms with Gasteiger partial charge >= 0.3 is 0 Å². The first-order valence-corrected chi connectivity index (χ1v) is 6.80. The summed E-state index contributed by atoms with van der Waals surface area (Å²) < 4.78 is 0. The highest BCUT2D eigenvalue weighted by Gasteiger charge is 2.21. The third-order valence-corrected chi connectivity index (χ3v) is 3.05. The second kappa shape index (κ2) is 5.26. The van der Waals surface area contributed by atoms with Crippen LogP contribution in [0.3, 0.4) is 0 Å². The number of hydrogen-bond donors (Lipinski definition) is 2. The Morgan fingerprint density at radius 1 is 1.11 bits per heavy atom. The SMILES string of the molecule is CCNc1cc(NC2CC2)nc(-c2ccccc2)n1. The van der Waals surface area contributed by atoms with Crippen molar-refractivity contribution in [2.24, 2.45) is 0 Å². The number of rotatable bonds is 5. The smallest absolute Gasteiger partial charge is 0.163 e. The molecule has 3 rings (SSSR count). The molecule has 1 aromatic carbocycles. The molecule has 1 aliphatic carbocycles. The van der Waals surface area contributed by atoms with Gasteiger partial charge in [0.25, 0.3) is 0 Å². The van der Waals surface area contributed by atoms with Gasteiger partial charge in [-0.2, -0.15) is 0 Å². The predicted molar refractivity (Wildman–Crippen MR) is 78.3 cm³/mol. The van der Waals surface area contributed by atoms with Gasteiger partial charge in [0.2, 0.25) is 0 Å². The number of nitrogens with zero attached hydrogens (tertiary/aromatic N) is 2. The number of hydrogen-bond acceptors (Lipinski definition) is 4. The van der Waals surface area contributed by atoms with Crippen molar-refractivity contribution in [3.63, 3.8) is 0 Å². The number of benzene rings is 1. The molecule has 4 heteroatoms. The molecule has 1 saturated carbocycles. The van der Waals surface area contributed by atoms with Crippen molar-refractivity contribution in [1.29, 1.82) is 0 Å². The van der Waals surface area contributed by atoms with Crippen LogP contribution in [0.1, 0.15) is 19.8 Å². The van der Waals surface area contributed by atoms with E-state index in [0.29, 0.717) is 6.04 Å². The molecule has 0 bridgehead atoms. The Kier molecular flexibility index (Phi) is 3.31. The van der Waals surface area contributed by atoms with Gasteiger partial charge in [0.15, 0.2) is 5.82 Å². The first-order valence-electron chi connectivity index (χ1n) is 6.80. The Balaban J connectivity index is 1.94. The molecule has 1 fully saturated rings. The molecule has 1 aromatic heterocycles. The van der Waals surface area contributed by atoms with Gasteiger partial charge in [0.1, 0.15) is 11.6 Å². The maximum Gasteiger partial charge on any atom is 0.163 e. The summed E-state index contributed by atoms with van der Waals surface area (Å²) in [5, 5.41) is 6.69. The zero-order chi connectivity index (χ0) is 13.1. The lowest BCUT2D eigenvalue weighted by Gasteiger charge is -2.10. The summed E-state index contributed by atoms with van der Waals surface area (Å²) in [5.74, 6) is 2.55. The Morgan fingerprint density at radius 3 is 2.53 bits per heavy atom. The van der Waals surface area contributed by atoms with Crippen molar-refractivity contribution in [3.8, 4) is 11.4 Å². The van der Waals surface area contributed by atoms with Crippen molar-refractivity contribution >= 4 is 11.6 Å². The van der Waals surface area contributed by atoms with Crippen LogP contribution in [0.25, 0.3) is 11.4 Å². The maximum atomic E-state index is 4.60. The lowest BCUT2D eigenvalue weighted by Crippen LogP contribution is -2.07. The Bertz CT molecular complexity index is 549. The third kappa shape index (κ3) is 3.02. The molecule has 0 aliphatic heterocycles. The topological polar surface area (TPSA) is 49.8 Å². The van der Waals surface area contributed by atoms with E-state index >= 15 is 0 Å². The number of aromatic nitrogens is 2. The van der Waals surface area contributed by atoms with Crippen molar-refractivity contribution in [3.05, 3.63) is 36.4 Å². The molecule has 2 aromatic rings. The molecule has 1 heterocycles. The van der Waals surface area contributed by atoms with E-state index in [1.165, 1.54) is 12.8 Å². The van der Waals surface area contributed by atoms with Gasteiger partial charge in [-0.25, -0.2) is 9.97 Å². The monoisotopic (exact) mass is 254 g/mol. The van der Waals surface area contributed by atoms with Gasteiger partial charge in [-0.1, -0.05) is 30.3 Å². The molecular formula is C15H18N4. The molecule has 0 spiro atoms. The normalized spacial score (nSPS) is 14.2. The minimum Gasteiger partial charge on any atom is -0.370 e. The molecule has 0 radical (unpaired) electrons. The fourth-order valence-electron chi connectivity index (χ4n) is 1.95. The van der Waals surface area contributed by atoms with Crippen LogP contribution in [0, 0.1) is 0 Å². The fourth-order valence-corrected chi connectivity index (χ4v) is 1.95. The van der Waals surface area contributed by atoms with Gasteiger partial charge in [-0.3, -0.25) is 0 Å². The van der Waals surface area contributed by atoms with Gasteiger partial charge in [-0.05, 0) is 19.8 Å². The van der Waals surface area contributed by atoms with Crippen molar-refractivity contribution < 1.29 is 0 Å². The molecule has 1 aliphatic rings. The molecule has 2 N–H and O–H groups in total. The number of nitrogens with one attached hydrogen (secondary N) is 2. The zero-order valence-corrected chi connectivity index (χ0v) is 11.1. The van der Waals surface area contributed by atoms with Gasteiger partial charge < -0.3 is 10.6 Å². The van der Waals surface area contributed by atoms with E-state index in [0.717, 1.165) is 29.6 Å². The zero-order valence-electron chi connectivity index (χ0n) is 11.1. The van der Waals surface area contributed by atoms with Crippen LogP contribution in [0.4, 0.5) is 11.6 Å². The molecule has 0 saturated heterocycles. The van der Waals surface area contributed by atoms with Crippen molar-refractivity contribution in [2.45, 2.75) is 25.8 Å². The van der Waals surface area contributed by atoms with E-state index in [2.05, 4.69) is 27.5 Å². The van der Waals surface area contributed by atoms with Crippen LogP contribution in [0.2, 0.25) is 0 Å². The van der Waals surface area contributed by atoms with Crippen LogP contribution in [0.5, 0.6) is 0 Å². The summed E-state index contributed by atoms with van der Waals surface area (Å²) in [7, 11) is 0. The van der Waals surface area contributed by atoms with Crippen molar-refractivity contribution in [1.82, 2.24) is 9.97 Å². The molecule has 98 valence electrons. The van der Waals surface area contributed by atoms with E-state index in [1.54, 1.807) is 0 Å².